The van der Waals surface area contributed by atoms with E-state index in [1.807, 2.05) is 0 Å². The molecule has 1 N–H and O–H groups in total. The summed E-state index contributed by atoms with van der Waals surface area (Å²) in [6, 6.07) is 0. The Bertz CT molecular complexity index is 240. The molecule has 0 atom stereocenters. The molecule has 0 saturated heterocycles. The first-order valence-corrected chi connectivity index (χ1v) is 5.37. The van der Waals surface area contributed by atoms with E-state index in [9.17, 15) is 0 Å². The van der Waals surface area contributed by atoms with Crippen LogP contribution < -0.4 is 0 Å². The number of thioether (sulfide) groups is 1. The number of aromatic nitrogens is 4. The molecule has 0 bridgehead atoms. The monoisotopic (exact) mass is 202 g/mol. The molecule has 0 aliphatic heterocycles. The Balaban J connectivity index is 2.40. The van der Waals surface area contributed by atoms with Gasteiger partial charge in [-0.1, -0.05) is 25.1 Å². The van der Waals surface area contributed by atoms with Crippen molar-refractivity contribution >= 4 is 11.8 Å². The van der Waals surface area contributed by atoms with Crippen LogP contribution in [0.1, 0.15) is 19.8 Å². The molecular formula is C7H14N4OS. The lowest BCUT2D eigenvalue weighted by molar-refractivity contribution is 0.262. The summed E-state index contributed by atoms with van der Waals surface area (Å²) in [5, 5.41) is 20.7. The summed E-state index contributed by atoms with van der Waals surface area (Å²) in [6.07, 6.45) is 2.34. The molecule has 0 aliphatic carbocycles. The summed E-state index contributed by atoms with van der Waals surface area (Å²) in [6.45, 7) is 2.70. The van der Waals surface area contributed by atoms with Crippen molar-refractivity contribution in [2.24, 2.45) is 0 Å². The Kier molecular flexibility index (Phi) is 4.77. The first-order chi connectivity index (χ1) is 6.38. The molecule has 0 unspecified atom stereocenters. The first-order valence-electron chi connectivity index (χ1n) is 4.38. The number of aliphatic hydroxyl groups excluding tert-OH is 1. The van der Waals surface area contributed by atoms with E-state index >= 15 is 0 Å². The molecule has 0 amide bonds. The van der Waals surface area contributed by atoms with Gasteiger partial charge >= 0.3 is 0 Å². The Labute approximate surface area is 81.5 Å². The summed E-state index contributed by atoms with van der Waals surface area (Å²) in [7, 11) is 0. The first kappa shape index (κ1) is 10.5. The number of unbranched alkanes of at least 4 members (excludes halogenated alkanes) is 1. The maximum Gasteiger partial charge on any atom is 0.209 e. The average Bonchev–Trinajstić information content (AvgIpc) is 2.54. The van der Waals surface area contributed by atoms with E-state index in [2.05, 4.69) is 22.4 Å². The lowest BCUT2D eigenvalue weighted by Crippen LogP contribution is -2.05. The molecule has 0 fully saturated rings. The molecule has 6 heteroatoms. The van der Waals surface area contributed by atoms with Crippen LogP contribution in [-0.2, 0) is 6.54 Å². The number of tetrazole rings is 1. The largest absolute Gasteiger partial charge is 0.394 e. The van der Waals surface area contributed by atoms with E-state index in [0.29, 0.717) is 6.54 Å². The van der Waals surface area contributed by atoms with E-state index in [1.165, 1.54) is 6.42 Å². The Morgan fingerprint density at radius 3 is 3.08 bits per heavy atom. The van der Waals surface area contributed by atoms with Crippen LogP contribution in [0.3, 0.4) is 0 Å². The third-order valence-electron chi connectivity index (χ3n) is 1.54. The molecule has 74 valence electrons. The van der Waals surface area contributed by atoms with Crippen LogP contribution in [0.4, 0.5) is 0 Å². The fourth-order valence-corrected chi connectivity index (χ4v) is 1.83. The van der Waals surface area contributed by atoms with E-state index < -0.39 is 0 Å². The number of hydrogen-bond acceptors (Lipinski definition) is 5. The van der Waals surface area contributed by atoms with Crippen molar-refractivity contribution in [1.82, 2.24) is 20.2 Å². The van der Waals surface area contributed by atoms with Crippen LogP contribution in [0, 0.1) is 0 Å². The number of hydrogen-bond donors (Lipinski definition) is 1. The van der Waals surface area contributed by atoms with Crippen LogP contribution in [-0.4, -0.2) is 37.7 Å². The molecule has 0 aliphatic rings. The third kappa shape index (κ3) is 3.31. The summed E-state index contributed by atoms with van der Waals surface area (Å²) < 4.78 is 1.63. The van der Waals surface area contributed by atoms with Crippen molar-refractivity contribution in [2.75, 3.05) is 12.4 Å². The summed E-state index contributed by atoms with van der Waals surface area (Å²) in [5.41, 5.74) is 0. The van der Waals surface area contributed by atoms with Gasteiger partial charge in [-0.3, -0.25) is 0 Å². The summed E-state index contributed by atoms with van der Waals surface area (Å²) >= 11 is 1.63. The van der Waals surface area contributed by atoms with Gasteiger partial charge in [0.15, 0.2) is 0 Å². The smallest absolute Gasteiger partial charge is 0.209 e. The lowest BCUT2D eigenvalue weighted by Gasteiger charge is -2.00. The highest BCUT2D eigenvalue weighted by Gasteiger charge is 2.04. The molecule has 1 heterocycles. The Morgan fingerprint density at radius 1 is 1.54 bits per heavy atom. The second-order valence-electron chi connectivity index (χ2n) is 2.61. The minimum Gasteiger partial charge on any atom is -0.394 e. The number of aliphatic hydroxyl groups is 1. The zero-order chi connectivity index (χ0) is 9.52. The van der Waals surface area contributed by atoms with Gasteiger partial charge in [0.05, 0.1) is 13.2 Å². The third-order valence-corrected chi connectivity index (χ3v) is 2.58. The van der Waals surface area contributed by atoms with Crippen molar-refractivity contribution in [1.29, 1.82) is 0 Å². The average molecular weight is 202 g/mol. The van der Waals surface area contributed by atoms with Crippen molar-refractivity contribution in [3.05, 3.63) is 0 Å². The van der Waals surface area contributed by atoms with Gasteiger partial charge in [-0.15, -0.1) is 5.10 Å². The zero-order valence-electron chi connectivity index (χ0n) is 7.68. The van der Waals surface area contributed by atoms with E-state index in [0.717, 1.165) is 17.3 Å². The highest BCUT2D eigenvalue weighted by molar-refractivity contribution is 7.99. The van der Waals surface area contributed by atoms with E-state index in [1.54, 1.807) is 16.4 Å². The summed E-state index contributed by atoms with van der Waals surface area (Å²) in [4.78, 5) is 0. The van der Waals surface area contributed by atoms with Crippen LogP contribution >= 0.6 is 11.8 Å². The standard InChI is InChI=1S/C7H14N4OS/c1-2-3-6-13-7-8-9-10-11(7)4-5-12/h12H,2-6H2,1H3. The topological polar surface area (TPSA) is 63.8 Å². The molecule has 0 saturated carbocycles. The van der Waals surface area contributed by atoms with Crippen LogP contribution in [0.25, 0.3) is 0 Å². The van der Waals surface area contributed by atoms with Gasteiger partial charge in [-0.2, -0.15) is 0 Å². The minimum absolute atomic E-state index is 0.0758. The van der Waals surface area contributed by atoms with Gasteiger partial charge in [-0.25, -0.2) is 4.68 Å². The van der Waals surface area contributed by atoms with Gasteiger partial charge < -0.3 is 5.11 Å². The molecule has 0 radical (unpaired) electrons. The van der Waals surface area contributed by atoms with Crippen LogP contribution in [0.5, 0.6) is 0 Å². The maximum absolute atomic E-state index is 8.71. The highest BCUT2D eigenvalue weighted by Crippen LogP contribution is 2.14. The van der Waals surface area contributed by atoms with Crippen LogP contribution in [0.15, 0.2) is 5.16 Å². The Hall–Kier alpha value is -0.620. The molecular weight excluding hydrogens is 188 g/mol. The normalized spacial score (nSPS) is 10.6. The fourth-order valence-electron chi connectivity index (χ4n) is 0.843. The highest BCUT2D eigenvalue weighted by atomic mass is 32.2. The van der Waals surface area contributed by atoms with Crippen molar-refractivity contribution < 1.29 is 5.11 Å². The fraction of sp³-hybridized carbons (Fsp3) is 0.857. The zero-order valence-corrected chi connectivity index (χ0v) is 8.50. The molecule has 1 aromatic heterocycles. The van der Waals surface area contributed by atoms with Gasteiger partial charge in [0.2, 0.25) is 5.16 Å². The van der Waals surface area contributed by atoms with Gasteiger partial charge in [0.25, 0.3) is 0 Å². The van der Waals surface area contributed by atoms with Gasteiger partial charge in [0, 0.05) is 5.75 Å². The molecule has 5 nitrogen and oxygen atoms in total. The van der Waals surface area contributed by atoms with Crippen LogP contribution in [0.2, 0.25) is 0 Å². The van der Waals surface area contributed by atoms with Gasteiger partial charge in [0.1, 0.15) is 0 Å². The number of nitrogens with zero attached hydrogens (tertiary/aromatic N) is 4. The molecule has 0 spiro atoms. The molecule has 0 aromatic carbocycles. The van der Waals surface area contributed by atoms with Crippen molar-refractivity contribution in [3.63, 3.8) is 0 Å². The second-order valence-corrected chi connectivity index (χ2v) is 3.67. The second kappa shape index (κ2) is 5.93. The Morgan fingerprint density at radius 2 is 2.38 bits per heavy atom. The van der Waals surface area contributed by atoms with Crippen molar-refractivity contribution in [2.45, 2.75) is 31.5 Å². The predicted molar refractivity (Wildman–Crippen MR) is 50.5 cm³/mol. The van der Waals surface area contributed by atoms with E-state index in [-0.39, 0.29) is 6.61 Å². The predicted octanol–water partition coefficient (Wildman–Crippen LogP) is 0.558. The van der Waals surface area contributed by atoms with Crippen molar-refractivity contribution in [3.8, 4) is 0 Å². The lowest BCUT2D eigenvalue weighted by atomic mass is 10.4. The summed E-state index contributed by atoms with van der Waals surface area (Å²) in [5.74, 6) is 1.03. The molecule has 13 heavy (non-hydrogen) atoms. The maximum atomic E-state index is 8.71. The van der Waals surface area contributed by atoms with E-state index in [4.69, 9.17) is 5.11 Å². The minimum atomic E-state index is 0.0758. The number of rotatable bonds is 6. The molecule has 1 rings (SSSR count). The SMILES string of the molecule is CCCCSc1nnnn1CCO. The quantitative estimate of drug-likeness (QED) is 0.539. The molecule has 1 aromatic rings. The van der Waals surface area contributed by atoms with Gasteiger partial charge in [-0.05, 0) is 16.8 Å².